The Morgan fingerprint density at radius 1 is 1.35 bits per heavy atom. The molecule has 1 atom stereocenters. The van der Waals surface area contributed by atoms with Gasteiger partial charge in [-0.25, -0.2) is 0 Å². The second-order valence-electron chi connectivity index (χ2n) is 7.33. The Morgan fingerprint density at radius 2 is 2.16 bits per heavy atom. The molecule has 162 valence electrons. The van der Waals surface area contributed by atoms with Crippen LogP contribution in [0, 0.1) is 0 Å². The quantitative estimate of drug-likeness (QED) is 0.678. The van der Waals surface area contributed by atoms with E-state index in [1.807, 2.05) is 0 Å². The van der Waals surface area contributed by atoms with Crippen molar-refractivity contribution in [3.05, 3.63) is 64.2 Å². The Morgan fingerprint density at radius 3 is 2.84 bits per heavy atom. The number of hydrogen-bond acceptors (Lipinski definition) is 6. The summed E-state index contributed by atoms with van der Waals surface area (Å²) >= 11 is 0. The number of carbonyl (C=O) groups excluding carboxylic acids is 1. The molecule has 0 saturated carbocycles. The molecule has 0 spiro atoms. The number of carbonyl (C=O) groups is 1. The van der Waals surface area contributed by atoms with Crippen LogP contribution >= 0.6 is 0 Å². The second kappa shape index (κ2) is 7.64. The molecular formula is C20H18F3N5O3. The minimum atomic E-state index is -4.73. The number of nitrogens with one attached hydrogen (secondary N) is 1. The van der Waals surface area contributed by atoms with Gasteiger partial charge in [-0.1, -0.05) is 12.1 Å². The predicted octanol–water partition coefficient (Wildman–Crippen LogP) is 2.73. The van der Waals surface area contributed by atoms with Crippen molar-refractivity contribution >= 4 is 5.91 Å². The van der Waals surface area contributed by atoms with Gasteiger partial charge in [0.25, 0.3) is 5.91 Å². The molecule has 4 rings (SSSR count). The Hall–Kier alpha value is -3.50. The van der Waals surface area contributed by atoms with E-state index in [1.54, 1.807) is 19.1 Å². The standard InChI is InChI=1S/C20H18F3N5O3/c1-2-14-8-13(9-15(29)25-14)17(30)28-7-5-19(11-28,20(21,22)23)18-26-16(27-31-18)12-4-3-6-24-10-12/h3-4,6,8-10H,2,5,7,11H2,1H3,(H,25,29). The number of rotatable bonds is 4. The molecule has 3 aromatic heterocycles. The number of H-pyrrole nitrogens is 1. The van der Waals surface area contributed by atoms with E-state index >= 15 is 0 Å². The van der Waals surface area contributed by atoms with E-state index in [9.17, 15) is 22.8 Å². The van der Waals surface area contributed by atoms with E-state index < -0.39 is 41.9 Å². The molecule has 1 unspecified atom stereocenters. The first-order valence-corrected chi connectivity index (χ1v) is 9.57. The van der Waals surface area contributed by atoms with E-state index in [1.165, 1.54) is 18.5 Å². The SMILES string of the molecule is CCc1cc(C(=O)N2CCC(c3nc(-c4cccnc4)no3)(C(F)(F)F)C2)cc(=O)[nH]1. The average Bonchev–Trinajstić information content (AvgIpc) is 3.41. The van der Waals surface area contributed by atoms with Crippen LogP contribution in [0.15, 0.2) is 46.0 Å². The number of amides is 1. The van der Waals surface area contributed by atoms with Crippen molar-refractivity contribution in [2.75, 3.05) is 13.1 Å². The summed E-state index contributed by atoms with van der Waals surface area (Å²) in [6.07, 6.45) is -1.76. The first-order chi connectivity index (χ1) is 14.7. The molecule has 3 aromatic rings. The molecular weight excluding hydrogens is 415 g/mol. The zero-order valence-electron chi connectivity index (χ0n) is 16.4. The largest absolute Gasteiger partial charge is 0.405 e. The summed E-state index contributed by atoms with van der Waals surface area (Å²) < 4.78 is 47.6. The van der Waals surface area contributed by atoms with Crippen molar-refractivity contribution in [2.24, 2.45) is 0 Å². The average molecular weight is 433 g/mol. The molecule has 1 N–H and O–H groups in total. The number of hydrogen-bond donors (Lipinski definition) is 1. The van der Waals surface area contributed by atoms with Crippen LogP contribution in [-0.2, 0) is 11.8 Å². The van der Waals surface area contributed by atoms with Crippen molar-refractivity contribution in [1.29, 1.82) is 0 Å². The van der Waals surface area contributed by atoms with E-state index in [2.05, 4.69) is 20.1 Å². The first kappa shape index (κ1) is 20.8. The summed E-state index contributed by atoms with van der Waals surface area (Å²) in [5.41, 5.74) is -2.00. The lowest BCUT2D eigenvalue weighted by molar-refractivity contribution is -0.193. The van der Waals surface area contributed by atoms with Crippen LogP contribution < -0.4 is 5.56 Å². The zero-order chi connectivity index (χ0) is 22.2. The van der Waals surface area contributed by atoms with Gasteiger partial charge in [-0.2, -0.15) is 18.2 Å². The maximum Gasteiger partial charge on any atom is 0.405 e. The molecule has 11 heteroatoms. The van der Waals surface area contributed by atoms with Gasteiger partial charge in [-0.05, 0) is 31.0 Å². The van der Waals surface area contributed by atoms with Crippen molar-refractivity contribution in [3.63, 3.8) is 0 Å². The van der Waals surface area contributed by atoms with Gasteiger partial charge in [0.15, 0.2) is 5.41 Å². The number of alkyl halides is 3. The molecule has 1 aliphatic heterocycles. The smallest absolute Gasteiger partial charge is 0.338 e. The third kappa shape index (κ3) is 3.71. The summed E-state index contributed by atoms with van der Waals surface area (Å²) in [6.45, 7) is 0.939. The monoisotopic (exact) mass is 433 g/mol. The number of nitrogens with zero attached hydrogens (tertiary/aromatic N) is 4. The lowest BCUT2D eigenvalue weighted by atomic mass is 9.86. The minimum Gasteiger partial charge on any atom is -0.338 e. The highest BCUT2D eigenvalue weighted by Crippen LogP contribution is 2.47. The van der Waals surface area contributed by atoms with Gasteiger partial charge in [-0.15, -0.1) is 0 Å². The van der Waals surface area contributed by atoms with Gasteiger partial charge >= 0.3 is 6.18 Å². The lowest BCUT2D eigenvalue weighted by Crippen LogP contribution is -2.46. The highest BCUT2D eigenvalue weighted by molar-refractivity contribution is 5.94. The summed E-state index contributed by atoms with van der Waals surface area (Å²) in [5, 5.41) is 3.68. The highest BCUT2D eigenvalue weighted by atomic mass is 19.4. The number of aryl methyl sites for hydroxylation is 1. The molecule has 8 nitrogen and oxygen atoms in total. The molecule has 4 heterocycles. The number of likely N-dealkylation sites (tertiary alicyclic amines) is 1. The first-order valence-electron chi connectivity index (χ1n) is 9.57. The third-order valence-electron chi connectivity index (χ3n) is 5.38. The Bertz CT molecular complexity index is 1160. The molecule has 0 radical (unpaired) electrons. The molecule has 1 amide bonds. The Balaban J connectivity index is 1.66. The van der Waals surface area contributed by atoms with Crippen LogP contribution in [-0.4, -0.2) is 50.2 Å². The highest BCUT2D eigenvalue weighted by Gasteiger charge is 2.63. The van der Waals surface area contributed by atoms with Crippen LogP contribution in [0.3, 0.4) is 0 Å². The second-order valence-corrected chi connectivity index (χ2v) is 7.33. The van der Waals surface area contributed by atoms with Crippen LogP contribution in [0.25, 0.3) is 11.4 Å². The van der Waals surface area contributed by atoms with E-state index in [0.717, 1.165) is 11.0 Å². The van der Waals surface area contributed by atoms with E-state index in [-0.39, 0.29) is 17.9 Å². The van der Waals surface area contributed by atoms with Crippen LogP contribution in [0.5, 0.6) is 0 Å². The molecule has 31 heavy (non-hydrogen) atoms. The van der Waals surface area contributed by atoms with Crippen molar-refractivity contribution in [1.82, 2.24) is 25.0 Å². The topological polar surface area (TPSA) is 105 Å². The normalized spacial score (nSPS) is 19.0. The molecule has 1 fully saturated rings. The van der Waals surface area contributed by atoms with Gasteiger partial charge in [0.2, 0.25) is 17.3 Å². The van der Waals surface area contributed by atoms with Crippen LogP contribution in [0.4, 0.5) is 13.2 Å². The van der Waals surface area contributed by atoms with E-state index in [4.69, 9.17) is 4.52 Å². The van der Waals surface area contributed by atoms with E-state index in [0.29, 0.717) is 17.7 Å². The number of aromatic amines is 1. The third-order valence-corrected chi connectivity index (χ3v) is 5.38. The fourth-order valence-corrected chi connectivity index (χ4v) is 3.64. The van der Waals surface area contributed by atoms with Crippen LogP contribution in [0.1, 0.15) is 35.3 Å². The molecule has 1 aliphatic rings. The molecule has 0 aromatic carbocycles. The lowest BCUT2D eigenvalue weighted by Gasteiger charge is -2.28. The van der Waals surface area contributed by atoms with Gasteiger partial charge in [0.05, 0.1) is 0 Å². The Labute approximate surface area is 174 Å². The Kier molecular flexibility index (Phi) is 5.11. The van der Waals surface area contributed by atoms with Crippen molar-refractivity contribution in [3.8, 4) is 11.4 Å². The fraction of sp³-hybridized carbons (Fsp3) is 0.350. The summed E-state index contributed by atoms with van der Waals surface area (Å²) in [5.74, 6) is -1.27. The van der Waals surface area contributed by atoms with Gasteiger partial charge in [0, 0.05) is 48.4 Å². The van der Waals surface area contributed by atoms with Gasteiger partial charge < -0.3 is 14.4 Å². The maximum absolute atomic E-state index is 14.2. The van der Waals surface area contributed by atoms with Gasteiger partial charge in [-0.3, -0.25) is 14.6 Å². The fourth-order valence-electron chi connectivity index (χ4n) is 3.64. The van der Waals surface area contributed by atoms with Crippen molar-refractivity contribution < 1.29 is 22.5 Å². The molecule has 0 aliphatic carbocycles. The maximum atomic E-state index is 14.2. The predicted molar refractivity (Wildman–Crippen MR) is 102 cm³/mol. The van der Waals surface area contributed by atoms with Crippen LogP contribution in [0.2, 0.25) is 0 Å². The number of aromatic nitrogens is 4. The minimum absolute atomic E-state index is 0.0151. The summed E-state index contributed by atoms with van der Waals surface area (Å²) in [4.78, 5) is 36.2. The summed E-state index contributed by atoms with van der Waals surface area (Å²) in [6, 6.07) is 5.77. The molecule has 1 saturated heterocycles. The van der Waals surface area contributed by atoms with Crippen molar-refractivity contribution in [2.45, 2.75) is 31.4 Å². The number of pyridine rings is 2. The molecule has 0 bridgehead atoms. The summed E-state index contributed by atoms with van der Waals surface area (Å²) in [7, 11) is 0. The van der Waals surface area contributed by atoms with Gasteiger partial charge in [0.1, 0.15) is 0 Å². The zero-order valence-corrected chi connectivity index (χ0v) is 16.4. The number of halogens is 3.